The number of amides is 1. The third kappa shape index (κ3) is 3.97. The van der Waals surface area contributed by atoms with Crippen LogP contribution < -0.4 is 5.32 Å². The molecule has 0 saturated carbocycles. The molecule has 1 heterocycles. The van der Waals surface area contributed by atoms with Crippen LogP contribution in [0.5, 0.6) is 0 Å². The van der Waals surface area contributed by atoms with E-state index in [0.717, 1.165) is 5.69 Å². The van der Waals surface area contributed by atoms with Gasteiger partial charge < -0.3 is 20.1 Å². The largest absolute Gasteiger partial charge is 0.395 e. The first-order valence-electron chi connectivity index (χ1n) is 5.75. The molecule has 0 saturated heterocycles. The number of aromatic nitrogens is 1. The number of anilines is 1. The second-order valence-electron chi connectivity index (χ2n) is 3.69. The maximum Gasteiger partial charge on any atom is 0.272 e. The molecule has 1 aromatic heterocycles. The van der Waals surface area contributed by atoms with E-state index in [1.165, 1.54) is 4.90 Å². The monoisotopic (exact) mass is 253 g/mol. The maximum absolute atomic E-state index is 12.2. The highest BCUT2D eigenvalue weighted by Gasteiger charge is 2.16. The predicted molar refractivity (Wildman–Crippen MR) is 68.6 cm³/mol. The number of pyridine rings is 1. The first-order chi connectivity index (χ1) is 8.72. The molecule has 1 aromatic rings. The Morgan fingerprint density at radius 1 is 1.56 bits per heavy atom. The lowest BCUT2D eigenvalue weighted by Gasteiger charge is -2.21. The summed E-state index contributed by atoms with van der Waals surface area (Å²) in [7, 11) is 3.35. The van der Waals surface area contributed by atoms with Crippen LogP contribution in [0.25, 0.3) is 0 Å². The van der Waals surface area contributed by atoms with Crippen LogP contribution in [0.2, 0.25) is 0 Å². The van der Waals surface area contributed by atoms with Crippen LogP contribution in [0.4, 0.5) is 5.69 Å². The van der Waals surface area contributed by atoms with Crippen LogP contribution in [0.3, 0.4) is 0 Å². The molecule has 6 heteroatoms. The van der Waals surface area contributed by atoms with Crippen molar-refractivity contribution in [1.29, 1.82) is 0 Å². The molecular formula is C12H19N3O3. The summed E-state index contributed by atoms with van der Waals surface area (Å²) >= 11 is 0. The molecule has 0 unspecified atom stereocenters. The van der Waals surface area contributed by atoms with Gasteiger partial charge in [0.2, 0.25) is 0 Å². The van der Waals surface area contributed by atoms with Gasteiger partial charge in [0.1, 0.15) is 5.69 Å². The van der Waals surface area contributed by atoms with Crippen molar-refractivity contribution in [1.82, 2.24) is 9.88 Å². The smallest absolute Gasteiger partial charge is 0.272 e. The van der Waals surface area contributed by atoms with Crippen molar-refractivity contribution < 1.29 is 14.6 Å². The number of nitrogens with one attached hydrogen (secondary N) is 1. The maximum atomic E-state index is 12.2. The summed E-state index contributed by atoms with van der Waals surface area (Å²) in [5.74, 6) is -0.210. The molecule has 0 aliphatic heterocycles. The average molecular weight is 253 g/mol. The van der Waals surface area contributed by atoms with Crippen molar-refractivity contribution in [3.63, 3.8) is 0 Å². The Morgan fingerprint density at radius 2 is 2.33 bits per heavy atom. The van der Waals surface area contributed by atoms with E-state index in [1.54, 1.807) is 32.5 Å². The Morgan fingerprint density at radius 3 is 2.94 bits per heavy atom. The normalized spacial score (nSPS) is 10.2. The summed E-state index contributed by atoms with van der Waals surface area (Å²) in [6.45, 7) is 1.05. The number of aliphatic hydroxyl groups is 1. The molecule has 0 aliphatic carbocycles. The highest BCUT2D eigenvalue weighted by atomic mass is 16.5. The van der Waals surface area contributed by atoms with Crippen molar-refractivity contribution in [2.45, 2.75) is 0 Å². The van der Waals surface area contributed by atoms with Crippen molar-refractivity contribution in [2.75, 3.05) is 45.8 Å². The lowest BCUT2D eigenvalue weighted by atomic mass is 10.2. The fourth-order valence-corrected chi connectivity index (χ4v) is 1.50. The molecule has 0 radical (unpaired) electrons. The molecule has 0 aliphatic rings. The van der Waals surface area contributed by atoms with E-state index >= 15 is 0 Å². The van der Waals surface area contributed by atoms with Gasteiger partial charge in [-0.2, -0.15) is 0 Å². The van der Waals surface area contributed by atoms with E-state index in [1.807, 2.05) is 0 Å². The summed E-state index contributed by atoms with van der Waals surface area (Å²) < 4.78 is 4.94. The molecule has 0 bridgehead atoms. The second kappa shape index (κ2) is 7.62. The van der Waals surface area contributed by atoms with Gasteiger partial charge in [-0.15, -0.1) is 0 Å². The molecule has 18 heavy (non-hydrogen) atoms. The van der Waals surface area contributed by atoms with Crippen molar-refractivity contribution >= 4 is 11.6 Å². The number of hydrogen-bond acceptors (Lipinski definition) is 5. The Kier molecular flexibility index (Phi) is 6.10. The van der Waals surface area contributed by atoms with Gasteiger partial charge in [0, 0.05) is 39.1 Å². The van der Waals surface area contributed by atoms with Gasteiger partial charge in [-0.3, -0.25) is 9.78 Å². The van der Waals surface area contributed by atoms with Crippen LogP contribution >= 0.6 is 0 Å². The second-order valence-corrected chi connectivity index (χ2v) is 3.69. The first kappa shape index (κ1) is 14.4. The Bertz CT molecular complexity index is 385. The van der Waals surface area contributed by atoms with Gasteiger partial charge in [-0.1, -0.05) is 0 Å². The minimum absolute atomic E-state index is 0.0822. The molecule has 0 fully saturated rings. The van der Waals surface area contributed by atoms with Crippen molar-refractivity contribution in [3.8, 4) is 0 Å². The lowest BCUT2D eigenvalue weighted by molar-refractivity contribution is 0.0651. The molecule has 100 valence electrons. The van der Waals surface area contributed by atoms with E-state index < -0.39 is 0 Å². The number of carbonyl (C=O) groups is 1. The van der Waals surface area contributed by atoms with E-state index in [-0.39, 0.29) is 19.1 Å². The summed E-state index contributed by atoms with van der Waals surface area (Å²) in [6.07, 6.45) is 1.58. The number of ether oxygens (including phenoxy) is 1. The third-order valence-corrected chi connectivity index (χ3v) is 2.49. The minimum atomic E-state index is -0.210. The molecular weight excluding hydrogens is 234 g/mol. The van der Waals surface area contributed by atoms with Crippen LogP contribution in [0.15, 0.2) is 18.3 Å². The minimum Gasteiger partial charge on any atom is -0.395 e. The number of nitrogens with zero attached hydrogens (tertiary/aromatic N) is 2. The zero-order valence-corrected chi connectivity index (χ0v) is 10.7. The average Bonchev–Trinajstić information content (AvgIpc) is 2.42. The van der Waals surface area contributed by atoms with Gasteiger partial charge >= 0.3 is 0 Å². The number of hydrogen-bond donors (Lipinski definition) is 2. The van der Waals surface area contributed by atoms with E-state index in [0.29, 0.717) is 18.8 Å². The van der Waals surface area contributed by atoms with Gasteiger partial charge in [0.25, 0.3) is 5.91 Å². The molecule has 2 N–H and O–H groups in total. The highest BCUT2D eigenvalue weighted by molar-refractivity contribution is 5.93. The molecule has 6 nitrogen and oxygen atoms in total. The fraction of sp³-hybridized carbons (Fsp3) is 0.500. The summed E-state index contributed by atoms with van der Waals surface area (Å²) in [6, 6.07) is 3.46. The number of aliphatic hydroxyl groups excluding tert-OH is 1. The van der Waals surface area contributed by atoms with Crippen molar-refractivity contribution in [3.05, 3.63) is 24.0 Å². The zero-order valence-electron chi connectivity index (χ0n) is 10.7. The molecule has 0 aromatic carbocycles. The molecule has 0 spiro atoms. The molecule has 1 rings (SSSR count). The third-order valence-electron chi connectivity index (χ3n) is 2.49. The molecule has 0 atom stereocenters. The molecule has 1 amide bonds. The number of rotatable bonds is 7. The fourth-order valence-electron chi connectivity index (χ4n) is 1.50. The van der Waals surface area contributed by atoms with Crippen LogP contribution in [0.1, 0.15) is 10.5 Å². The van der Waals surface area contributed by atoms with Crippen LogP contribution in [-0.4, -0.2) is 61.4 Å². The number of carbonyl (C=O) groups excluding carboxylic acids is 1. The van der Waals surface area contributed by atoms with Gasteiger partial charge in [0.15, 0.2) is 0 Å². The Labute approximate surface area is 107 Å². The Balaban J connectivity index is 2.79. The number of methoxy groups -OCH3 is 1. The summed E-state index contributed by atoms with van der Waals surface area (Å²) in [5, 5.41) is 11.9. The topological polar surface area (TPSA) is 74.7 Å². The van der Waals surface area contributed by atoms with E-state index in [9.17, 15) is 4.79 Å². The summed E-state index contributed by atoms with van der Waals surface area (Å²) in [5.41, 5.74) is 1.18. The Hall–Kier alpha value is -1.66. The standard InChI is InChI=1S/C12H19N3O3/c1-13-10-3-4-14-11(9-10)12(17)15(5-7-16)6-8-18-2/h3-4,9,16H,5-8H2,1-2H3,(H,13,14). The van der Waals surface area contributed by atoms with E-state index in [4.69, 9.17) is 9.84 Å². The van der Waals surface area contributed by atoms with Gasteiger partial charge in [0.05, 0.1) is 13.2 Å². The highest BCUT2D eigenvalue weighted by Crippen LogP contribution is 2.09. The SMILES string of the molecule is CNc1ccnc(C(=O)N(CCO)CCOC)c1. The van der Waals surface area contributed by atoms with E-state index in [2.05, 4.69) is 10.3 Å². The quantitative estimate of drug-likeness (QED) is 0.726. The van der Waals surface area contributed by atoms with Crippen molar-refractivity contribution in [2.24, 2.45) is 0 Å². The first-order valence-corrected chi connectivity index (χ1v) is 5.75. The van der Waals surface area contributed by atoms with Gasteiger partial charge in [-0.25, -0.2) is 0 Å². The van der Waals surface area contributed by atoms with Crippen LogP contribution in [-0.2, 0) is 4.74 Å². The zero-order chi connectivity index (χ0) is 13.4. The predicted octanol–water partition coefficient (Wildman–Crippen LogP) is 0.204. The van der Waals surface area contributed by atoms with Crippen LogP contribution in [0, 0.1) is 0 Å². The van der Waals surface area contributed by atoms with Gasteiger partial charge in [-0.05, 0) is 12.1 Å². The summed E-state index contributed by atoms with van der Waals surface area (Å²) in [4.78, 5) is 17.7. The lowest BCUT2D eigenvalue weighted by Crippen LogP contribution is -2.36.